The summed E-state index contributed by atoms with van der Waals surface area (Å²) in [6, 6.07) is 13.3. The van der Waals surface area contributed by atoms with Gasteiger partial charge in [0.15, 0.2) is 6.61 Å². The molecular weight excluding hydrogens is 432 g/mol. The Labute approximate surface area is 187 Å². The molecule has 0 atom stereocenters. The number of benzene rings is 2. The lowest BCUT2D eigenvalue weighted by Crippen LogP contribution is -2.28. The summed E-state index contributed by atoms with van der Waals surface area (Å²) >= 11 is 0. The van der Waals surface area contributed by atoms with Gasteiger partial charge < -0.3 is 14.8 Å². The molecule has 0 spiro atoms. The van der Waals surface area contributed by atoms with Gasteiger partial charge in [-0.3, -0.25) is 4.79 Å². The maximum atomic E-state index is 12.7. The molecule has 0 saturated carbocycles. The minimum atomic E-state index is -3.59. The molecule has 0 unspecified atom stereocenters. The Morgan fingerprint density at radius 1 is 1.09 bits per heavy atom. The van der Waals surface area contributed by atoms with Crippen LogP contribution in [-0.2, 0) is 24.3 Å². The lowest BCUT2D eigenvalue weighted by atomic mass is 10.2. The topological polar surface area (TPSA) is 102 Å². The average Bonchev–Trinajstić information content (AvgIpc) is 3.33. The van der Waals surface area contributed by atoms with Crippen LogP contribution in [0.25, 0.3) is 6.08 Å². The van der Waals surface area contributed by atoms with Crippen LogP contribution in [0.5, 0.6) is 5.75 Å². The van der Waals surface area contributed by atoms with E-state index in [9.17, 15) is 18.0 Å². The zero-order valence-electron chi connectivity index (χ0n) is 17.8. The number of rotatable bonds is 9. The van der Waals surface area contributed by atoms with Crippen molar-refractivity contribution in [2.45, 2.75) is 24.7 Å². The van der Waals surface area contributed by atoms with E-state index in [1.807, 2.05) is 19.1 Å². The third-order valence-electron chi connectivity index (χ3n) is 4.78. The monoisotopic (exact) mass is 458 g/mol. The standard InChI is InChI=1S/C23H26N2O6S/c1-2-30-21-11-4-3-8-18(21)12-13-23(27)31-17-22(26)24-19-9-7-10-20(16-19)32(28,29)25-14-5-6-15-25/h3-4,7-13,16H,2,5-6,14-15,17H2,1H3,(H,24,26). The number of ether oxygens (including phenoxy) is 2. The Bertz CT molecular complexity index is 1090. The van der Waals surface area contributed by atoms with Crippen molar-refractivity contribution < 1.29 is 27.5 Å². The second-order valence-corrected chi connectivity index (χ2v) is 9.04. The highest BCUT2D eigenvalue weighted by Gasteiger charge is 2.27. The smallest absolute Gasteiger partial charge is 0.331 e. The number of para-hydroxylation sites is 1. The number of amides is 1. The maximum absolute atomic E-state index is 12.7. The molecule has 0 aromatic heterocycles. The van der Waals surface area contributed by atoms with E-state index < -0.39 is 28.5 Å². The molecule has 9 heteroatoms. The lowest BCUT2D eigenvalue weighted by Gasteiger charge is -2.16. The SMILES string of the molecule is CCOc1ccccc1C=CC(=O)OCC(=O)Nc1cccc(S(=O)(=O)N2CCCC2)c1. The van der Waals surface area contributed by atoms with E-state index in [0.29, 0.717) is 36.7 Å². The van der Waals surface area contributed by atoms with Crippen molar-refractivity contribution in [1.82, 2.24) is 4.31 Å². The van der Waals surface area contributed by atoms with Crippen LogP contribution in [0.3, 0.4) is 0 Å². The quantitative estimate of drug-likeness (QED) is 0.458. The van der Waals surface area contributed by atoms with E-state index in [2.05, 4.69) is 5.32 Å². The summed E-state index contributed by atoms with van der Waals surface area (Å²) in [4.78, 5) is 24.2. The van der Waals surface area contributed by atoms with Crippen molar-refractivity contribution in [1.29, 1.82) is 0 Å². The van der Waals surface area contributed by atoms with Gasteiger partial charge in [0.25, 0.3) is 5.91 Å². The predicted molar refractivity (Wildman–Crippen MR) is 121 cm³/mol. The Hall–Kier alpha value is -3.17. The predicted octanol–water partition coefficient (Wildman–Crippen LogP) is 3.06. The van der Waals surface area contributed by atoms with E-state index >= 15 is 0 Å². The number of esters is 1. The average molecular weight is 459 g/mol. The summed E-state index contributed by atoms with van der Waals surface area (Å²) in [7, 11) is -3.59. The summed E-state index contributed by atoms with van der Waals surface area (Å²) in [6.45, 7) is 2.86. The number of nitrogens with zero attached hydrogens (tertiary/aromatic N) is 1. The highest BCUT2D eigenvalue weighted by Crippen LogP contribution is 2.23. The molecule has 32 heavy (non-hydrogen) atoms. The molecule has 1 amide bonds. The Balaban J connectivity index is 1.54. The number of hydrogen-bond donors (Lipinski definition) is 1. The molecule has 3 rings (SSSR count). The van der Waals surface area contributed by atoms with E-state index in [1.165, 1.54) is 22.5 Å². The van der Waals surface area contributed by atoms with E-state index in [4.69, 9.17) is 9.47 Å². The summed E-state index contributed by atoms with van der Waals surface area (Å²) in [6.07, 6.45) is 4.45. The number of hydrogen-bond acceptors (Lipinski definition) is 6. The van der Waals surface area contributed by atoms with Crippen LogP contribution in [0.4, 0.5) is 5.69 Å². The van der Waals surface area contributed by atoms with E-state index in [0.717, 1.165) is 12.8 Å². The van der Waals surface area contributed by atoms with Crippen LogP contribution in [-0.4, -0.2) is 50.9 Å². The first-order chi connectivity index (χ1) is 15.4. The Kier molecular flexibility index (Phi) is 8.02. The number of sulfonamides is 1. The largest absolute Gasteiger partial charge is 0.493 e. The molecule has 1 aliphatic heterocycles. The van der Waals surface area contributed by atoms with E-state index in [-0.39, 0.29) is 4.90 Å². The van der Waals surface area contributed by atoms with Crippen LogP contribution >= 0.6 is 0 Å². The van der Waals surface area contributed by atoms with Gasteiger partial charge in [-0.25, -0.2) is 13.2 Å². The normalized spacial score (nSPS) is 14.4. The first-order valence-electron chi connectivity index (χ1n) is 10.4. The minimum Gasteiger partial charge on any atom is -0.493 e. The minimum absolute atomic E-state index is 0.116. The molecule has 1 fully saturated rings. The Morgan fingerprint density at radius 2 is 1.84 bits per heavy atom. The van der Waals surface area contributed by atoms with Crippen molar-refractivity contribution in [3.63, 3.8) is 0 Å². The van der Waals surface area contributed by atoms with Crippen LogP contribution in [0.15, 0.2) is 59.5 Å². The molecule has 0 aliphatic carbocycles. The number of anilines is 1. The molecule has 1 N–H and O–H groups in total. The van der Waals surface area contributed by atoms with Crippen molar-refractivity contribution in [2.24, 2.45) is 0 Å². The van der Waals surface area contributed by atoms with Crippen molar-refractivity contribution in [3.05, 3.63) is 60.2 Å². The van der Waals surface area contributed by atoms with Gasteiger partial charge in [0, 0.05) is 30.4 Å². The maximum Gasteiger partial charge on any atom is 0.331 e. The van der Waals surface area contributed by atoms with Crippen LogP contribution in [0, 0.1) is 0 Å². The van der Waals surface area contributed by atoms with Gasteiger partial charge in [0.1, 0.15) is 5.75 Å². The first kappa shape index (κ1) is 23.5. The highest BCUT2D eigenvalue weighted by atomic mass is 32.2. The van der Waals surface area contributed by atoms with Crippen molar-refractivity contribution in [3.8, 4) is 5.75 Å². The summed E-state index contributed by atoms with van der Waals surface area (Å²) in [5, 5.41) is 2.56. The van der Waals surface area contributed by atoms with Gasteiger partial charge in [-0.15, -0.1) is 0 Å². The van der Waals surface area contributed by atoms with E-state index in [1.54, 1.807) is 30.3 Å². The summed E-state index contributed by atoms with van der Waals surface area (Å²) < 4.78 is 37.2. The number of carbonyl (C=O) groups is 2. The third kappa shape index (κ3) is 6.18. The second kappa shape index (κ2) is 10.9. The summed E-state index contributed by atoms with van der Waals surface area (Å²) in [5.41, 5.74) is 1.03. The number of nitrogens with one attached hydrogen (secondary N) is 1. The fourth-order valence-corrected chi connectivity index (χ4v) is 4.82. The van der Waals surface area contributed by atoms with Crippen molar-refractivity contribution >= 4 is 33.7 Å². The Morgan fingerprint density at radius 3 is 2.59 bits per heavy atom. The molecule has 2 aromatic rings. The van der Waals surface area contributed by atoms with Gasteiger partial charge in [0.2, 0.25) is 10.0 Å². The molecule has 0 bridgehead atoms. The molecular formula is C23H26N2O6S. The van der Waals surface area contributed by atoms with Gasteiger partial charge >= 0.3 is 5.97 Å². The third-order valence-corrected chi connectivity index (χ3v) is 6.68. The van der Waals surface area contributed by atoms with Crippen LogP contribution in [0.2, 0.25) is 0 Å². The summed E-state index contributed by atoms with van der Waals surface area (Å²) in [5.74, 6) is -0.616. The second-order valence-electron chi connectivity index (χ2n) is 7.10. The van der Waals surface area contributed by atoms with Crippen molar-refractivity contribution in [2.75, 3.05) is 31.6 Å². The van der Waals surface area contributed by atoms with Gasteiger partial charge in [-0.2, -0.15) is 4.31 Å². The first-order valence-corrected chi connectivity index (χ1v) is 11.8. The molecule has 2 aromatic carbocycles. The fraction of sp³-hybridized carbons (Fsp3) is 0.304. The van der Waals surface area contributed by atoms with Crippen LogP contribution < -0.4 is 10.1 Å². The molecule has 1 heterocycles. The lowest BCUT2D eigenvalue weighted by molar-refractivity contribution is -0.142. The fourth-order valence-electron chi connectivity index (χ4n) is 3.26. The van der Waals surface area contributed by atoms with Gasteiger partial charge in [-0.1, -0.05) is 24.3 Å². The molecule has 0 radical (unpaired) electrons. The zero-order chi connectivity index (χ0) is 23.0. The number of carbonyl (C=O) groups excluding carboxylic acids is 2. The zero-order valence-corrected chi connectivity index (χ0v) is 18.6. The highest BCUT2D eigenvalue weighted by molar-refractivity contribution is 7.89. The molecule has 1 aliphatic rings. The molecule has 1 saturated heterocycles. The molecule has 8 nitrogen and oxygen atoms in total. The van der Waals surface area contributed by atoms with Gasteiger partial charge in [0.05, 0.1) is 11.5 Å². The van der Waals surface area contributed by atoms with Crippen LogP contribution in [0.1, 0.15) is 25.3 Å². The van der Waals surface area contributed by atoms with Gasteiger partial charge in [-0.05, 0) is 50.1 Å². The molecule has 170 valence electrons.